The first-order chi connectivity index (χ1) is 22.0. The zero-order valence-electron chi connectivity index (χ0n) is 27.4. The standard InChI is InChI=1S/C34H48O12/c1-33(2)41-20-24(44-33)27(29-30(31(37-5)38-6)46-34(3,4)45-29)43-32-28(40-18-22-15-11-8-12-16-22)26(36)25(35)23(42-32)19-39-17-21-13-9-7-10-14-21/h7-16,23-32,35-36H,17-20H2,1-6H3/t23-,24-,25+,26+,27-,28+,29+,30-,32+/m1/s1. The molecular formula is C34H48O12. The molecule has 0 saturated carbocycles. The highest BCUT2D eigenvalue weighted by molar-refractivity contribution is 5.14. The summed E-state index contributed by atoms with van der Waals surface area (Å²) in [6, 6.07) is 19.2. The molecule has 46 heavy (non-hydrogen) atoms. The van der Waals surface area contributed by atoms with Gasteiger partial charge in [0.1, 0.15) is 48.8 Å². The first-order valence-corrected chi connectivity index (χ1v) is 15.7. The molecule has 5 rings (SSSR count). The van der Waals surface area contributed by atoms with Crippen molar-refractivity contribution in [3.05, 3.63) is 71.8 Å². The number of benzene rings is 2. The van der Waals surface area contributed by atoms with E-state index in [1.165, 1.54) is 14.2 Å². The van der Waals surface area contributed by atoms with E-state index in [0.717, 1.165) is 11.1 Å². The Morgan fingerprint density at radius 3 is 1.98 bits per heavy atom. The van der Waals surface area contributed by atoms with Gasteiger partial charge < -0.3 is 57.6 Å². The average molecular weight is 649 g/mol. The number of methoxy groups -OCH3 is 2. The van der Waals surface area contributed by atoms with Crippen molar-refractivity contribution in [3.63, 3.8) is 0 Å². The molecule has 0 aromatic heterocycles. The molecule has 9 atom stereocenters. The first-order valence-electron chi connectivity index (χ1n) is 15.7. The predicted molar refractivity (Wildman–Crippen MR) is 163 cm³/mol. The second-order valence-corrected chi connectivity index (χ2v) is 12.7. The molecule has 0 unspecified atom stereocenters. The van der Waals surface area contributed by atoms with Gasteiger partial charge in [0.15, 0.2) is 24.2 Å². The Morgan fingerprint density at radius 1 is 0.783 bits per heavy atom. The van der Waals surface area contributed by atoms with Gasteiger partial charge in [0.05, 0.1) is 26.4 Å². The third kappa shape index (κ3) is 8.70. The van der Waals surface area contributed by atoms with Crippen LogP contribution in [0.5, 0.6) is 0 Å². The Hall–Kier alpha value is -2.04. The highest BCUT2D eigenvalue weighted by atomic mass is 16.8. The molecule has 0 spiro atoms. The van der Waals surface area contributed by atoms with Crippen LogP contribution in [0.1, 0.15) is 38.8 Å². The van der Waals surface area contributed by atoms with E-state index in [1.807, 2.05) is 74.5 Å². The molecular weight excluding hydrogens is 600 g/mol. The smallest absolute Gasteiger partial charge is 0.187 e. The lowest BCUT2D eigenvalue weighted by molar-refractivity contribution is -0.338. The Kier molecular flexibility index (Phi) is 11.8. The molecule has 3 aliphatic heterocycles. The number of hydrogen-bond acceptors (Lipinski definition) is 12. The van der Waals surface area contributed by atoms with E-state index in [-0.39, 0.29) is 19.8 Å². The van der Waals surface area contributed by atoms with E-state index in [2.05, 4.69) is 0 Å². The zero-order valence-corrected chi connectivity index (χ0v) is 27.4. The van der Waals surface area contributed by atoms with Crippen LogP contribution in [-0.2, 0) is 60.6 Å². The molecule has 0 bridgehead atoms. The van der Waals surface area contributed by atoms with E-state index in [1.54, 1.807) is 13.8 Å². The third-order valence-electron chi connectivity index (χ3n) is 8.23. The van der Waals surface area contributed by atoms with Crippen LogP contribution in [0.4, 0.5) is 0 Å². The van der Waals surface area contributed by atoms with Gasteiger partial charge in [-0.05, 0) is 38.8 Å². The highest BCUT2D eigenvalue weighted by Crippen LogP contribution is 2.39. The van der Waals surface area contributed by atoms with Crippen LogP contribution in [0.3, 0.4) is 0 Å². The van der Waals surface area contributed by atoms with Crippen LogP contribution in [-0.4, -0.2) is 111 Å². The molecule has 0 aliphatic carbocycles. The van der Waals surface area contributed by atoms with Crippen molar-refractivity contribution in [1.82, 2.24) is 0 Å². The minimum absolute atomic E-state index is 0.00670. The van der Waals surface area contributed by atoms with Crippen molar-refractivity contribution in [2.45, 2.75) is 114 Å². The summed E-state index contributed by atoms with van der Waals surface area (Å²) < 4.78 is 61.3. The van der Waals surface area contributed by atoms with Crippen molar-refractivity contribution in [2.75, 3.05) is 27.4 Å². The van der Waals surface area contributed by atoms with Crippen LogP contribution in [0, 0.1) is 0 Å². The second-order valence-electron chi connectivity index (χ2n) is 12.7. The molecule has 2 N–H and O–H groups in total. The minimum Gasteiger partial charge on any atom is -0.387 e. The summed E-state index contributed by atoms with van der Waals surface area (Å²) in [5.74, 6) is -1.90. The van der Waals surface area contributed by atoms with Gasteiger partial charge in [0.2, 0.25) is 0 Å². The van der Waals surface area contributed by atoms with Crippen molar-refractivity contribution in [1.29, 1.82) is 0 Å². The molecule has 12 nitrogen and oxygen atoms in total. The molecule has 3 saturated heterocycles. The van der Waals surface area contributed by atoms with E-state index in [9.17, 15) is 10.2 Å². The maximum atomic E-state index is 11.5. The second kappa shape index (κ2) is 15.5. The summed E-state index contributed by atoms with van der Waals surface area (Å²) in [6.45, 7) is 7.83. The fourth-order valence-electron chi connectivity index (χ4n) is 6.02. The van der Waals surface area contributed by atoms with Gasteiger partial charge in [-0.1, -0.05) is 60.7 Å². The van der Waals surface area contributed by atoms with Crippen molar-refractivity contribution in [3.8, 4) is 0 Å². The quantitative estimate of drug-likeness (QED) is 0.292. The van der Waals surface area contributed by atoms with Gasteiger partial charge in [0.25, 0.3) is 0 Å². The SMILES string of the molecule is COC(OC)[C@@H]1OC(C)(C)O[C@H]1[C@H](O[C@@H]1O[C@H](COCc2ccccc2)[C@H](O)[C@H](O)[C@@H]1OCc1ccccc1)[C@H]1COC(C)(C)O1. The summed E-state index contributed by atoms with van der Waals surface area (Å²) >= 11 is 0. The van der Waals surface area contributed by atoms with Crippen molar-refractivity contribution in [2.24, 2.45) is 0 Å². The van der Waals surface area contributed by atoms with Gasteiger partial charge in [-0.25, -0.2) is 0 Å². The van der Waals surface area contributed by atoms with Crippen molar-refractivity contribution >= 4 is 0 Å². The molecule has 0 amide bonds. The van der Waals surface area contributed by atoms with Crippen LogP contribution in [0.25, 0.3) is 0 Å². The maximum Gasteiger partial charge on any atom is 0.187 e. The molecule has 3 aliphatic rings. The van der Waals surface area contributed by atoms with E-state index >= 15 is 0 Å². The van der Waals surface area contributed by atoms with E-state index in [0.29, 0.717) is 6.61 Å². The number of aliphatic hydroxyl groups is 2. The number of aliphatic hydroxyl groups excluding tert-OH is 2. The Labute approximate surface area is 270 Å². The largest absolute Gasteiger partial charge is 0.387 e. The minimum atomic E-state index is -1.37. The normalized spacial score (nSPS) is 33.0. The van der Waals surface area contributed by atoms with Gasteiger partial charge in [-0.2, -0.15) is 0 Å². The lowest BCUT2D eigenvalue weighted by atomic mass is 9.98. The Balaban J connectivity index is 1.42. The molecule has 2 aromatic rings. The molecule has 2 aromatic carbocycles. The fourth-order valence-corrected chi connectivity index (χ4v) is 6.02. The van der Waals surface area contributed by atoms with E-state index in [4.69, 9.17) is 47.4 Å². The first kappa shape index (κ1) is 35.3. The van der Waals surface area contributed by atoms with Crippen LogP contribution >= 0.6 is 0 Å². The molecule has 0 radical (unpaired) electrons. The van der Waals surface area contributed by atoms with Crippen LogP contribution in [0.15, 0.2) is 60.7 Å². The summed E-state index contributed by atoms with van der Waals surface area (Å²) in [7, 11) is 3.03. The zero-order chi connectivity index (χ0) is 32.9. The fraction of sp³-hybridized carbons (Fsp3) is 0.647. The summed E-state index contributed by atoms with van der Waals surface area (Å²) in [6.07, 6.45) is -9.70. The highest BCUT2D eigenvalue weighted by Gasteiger charge is 2.56. The summed E-state index contributed by atoms with van der Waals surface area (Å²) in [5, 5.41) is 22.6. The third-order valence-corrected chi connectivity index (χ3v) is 8.23. The summed E-state index contributed by atoms with van der Waals surface area (Å²) in [5.41, 5.74) is 1.84. The Bertz CT molecular complexity index is 1190. The maximum absolute atomic E-state index is 11.5. The molecule has 12 heteroatoms. The topological polar surface area (TPSA) is 133 Å². The van der Waals surface area contributed by atoms with Crippen LogP contribution < -0.4 is 0 Å². The number of rotatable bonds is 14. The van der Waals surface area contributed by atoms with Crippen LogP contribution in [0.2, 0.25) is 0 Å². The predicted octanol–water partition coefficient (Wildman–Crippen LogP) is 2.91. The lowest BCUT2D eigenvalue weighted by Crippen LogP contribution is -2.62. The van der Waals surface area contributed by atoms with Gasteiger partial charge >= 0.3 is 0 Å². The average Bonchev–Trinajstić information content (AvgIpc) is 3.56. The van der Waals surface area contributed by atoms with Gasteiger partial charge in [0, 0.05) is 14.2 Å². The lowest BCUT2D eigenvalue weighted by Gasteiger charge is -2.44. The molecule has 256 valence electrons. The monoisotopic (exact) mass is 648 g/mol. The summed E-state index contributed by atoms with van der Waals surface area (Å²) in [4.78, 5) is 0. The van der Waals surface area contributed by atoms with Gasteiger partial charge in [-0.15, -0.1) is 0 Å². The number of hydrogen-bond donors (Lipinski definition) is 2. The molecule has 3 fully saturated rings. The van der Waals surface area contributed by atoms with E-state index < -0.39 is 73.0 Å². The Morgan fingerprint density at radius 2 is 1.39 bits per heavy atom. The number of ether oxygens (including phenoxy) is 10. The van der Waals surface area contributed by atoms with Gasteiger partial charge in [-0.3, -0.25) is 0 Å². The molecule has 3 heterocycles. The van der Waals surface area contributed by atoms with Crippen molar-refractivity contribution < 1.29 is 57.6 Å².